The first-order valence-corrected chi connectivity index (χ1v) is 3.69. The van der Waals surface area contributed by atoms with Crippen LogP contribution >= 0.6 is 0 Å². The maximum absolute atomic E-state index is 9.77. The van der Waals surface area contributed by atoms with Gasteiger partial charge in [-0.05, 0) is 18.6 Å². The lowest BCUT2D eigenvalue weighted by molar-refractivity contribution is 0.0198. The molecule has 0 fully saturated rings. The van der Waals surface area contributed by atoms with Crippen LogP contribution in [0.25, 0.3) is 0 Å². The van der Waals surface area contributed by atoms with Crippen LogP contribution in [0.4, 0.5) is 0 Å². The quantitative estimate of drug-likeness (QED) is 0.679. The van der Waals surface area contributed by atoms with Gasteiger partial charge in [0.15, 0.2) is 0 Å². The fourth-order valence-corrected chi connectivity index (χ4v) is 0.963. The van der Waals surface area contributed by atoms with E-state index in [1.807, 2.05) is 6.92 Å². The summed E-state index contributed by atoms with van der Waals surface area (Å²) >= 11 is 0. The molecular weight excluding hydrogens is 142 g/mol. The lowest BCUT2D eigenvalue weighted by Gasteiger charge is -2.21. The molecule has 0 aromatic carbocycles. The van der Waals surface area contributed by atoms with Crippen molar-refractivity contribution in [3.8, 4) is 0 Å². The Labute approximate surface area is 65.8 Å². The molecule has 0 aliphatic heterocycles. The Morgan fingerprint density at radius 3 is 2.82 bits per heavy atom. The summed E-state index contributed by atoms with van der Waals surface area (Å²) in [5, 5.41) is 9.77. The molecule has 1 atom stereocenters. The highest BCUT2D eigenvalue weighted by atomic mass is 16.4. The zero-order chi connectivity index (χ0) is 8.32. The Morgan fingerprint density at radius 2 is 2.45 bits per heavy atom. The number of hydrogen-bond acceptors (Lipinski definition) is 3. The average Bonchev–Trinajstić information content (AvgIpc) is 2.55. The second-order valence-corrected chi connectivity index (χ2v) is 2.57. The van der Waals surface area contributed by atoms with Crippen LogP contribution in [0.15, 0.2) is 22.8 Å². The van der Waals surface area contributed by atoms with Gasteiger partial charge < -0.3 is 15.3 Å². The minimum absolute atomic E-state index is 0.191. The molecule has 0 aliphatic carbocycles. The molecule has 0 aliphatic rings. The highest BCUT2D eigenvalue weighted by Gasteiger charge is 2.27. The van der Waals surface area contributed by atoms with E-state index in [1.54, 1.807) is 12.1 Å². The Morgan fingerprint density at radius 1 is 1.73 bits per heavy atom. The Bertz CT molecular complexity index is 202. The summed E-state index contributed by atoms with van der Waals surface area (Å²) in [5.41, 5.74) is 4.42. The fourth-order valence-electron chi connectivity index (χ4n) is 0.963. The van der Waals surface area contributed by atoms with Crippen molar-refractivity contribution in [2.75, 3.05) is 6.54 Å². The van der Waals surface area contributed by atoms with Crippen LogP contribution in [0, 0.1) is 0 Å². The molecule has 0 saturated heterocycles. The maximum atomic E-state index is 9.77. The van der Waals surface area contributed by atoms with E-state index in [0.717, 1.165) is 0 Å². The first kappa shape index (κ1) is 8.30. The van der Waals surface area contributed by atoms with E-state index < -0.39 is 5.60 Å². The van der Waals surface area contributed by atoms with Crippen molar-refractivity contribution in [1.29, 1.82) is 0 Å². The molecule has 0 spiro atoms. The lowest BCUT2D eigenvalue weighted by Crippen LogP contribution is -2.33. The number of rotatable bonds is 3. The van der Waals surface area contributed by atoms with Crippen molar-refractivity contribution in [2.24, 2.45) is 5.73 Å². The molecule has 3 N–H and O–H groups in total. The SMILES string of the molecule is CCC(O)(CN)c1ccco1. The van der Waals surface area contributed by atoms with Gasteiger partial charge in [-0.3, -0.25) is 0 Å². The van der Waals surface area contributed by atoms with Gasteiger partial charge in [-0.2, -0.15) is 0 Å². The van der Waals surface area contributed by atoms with Gasteiger partial charge in [-0.15, -0.1) is 0 Å². The maximum Gasteiger partial charge on any atom is 0.136 e. The zero-order valence-corrected chi connectivity index (χ0v) is 6.58. The van der Waals surface area contributed by atoms with Gasteiger partial charge in [0.25, 0.3) is 0 Å². The second kappa shape index (κ2) is 3.07. The molecular formula is C8H13NO2. The molecule has 0 amide bonds. The van der Waals surface area contributed by atoms with Gasteiger partial charge in [0, 0.05) is 6.54 Å². The van der Waals surface area contributed by atoms with Crippen molar-refractivity contribution in [1.82, 2.24) is 0 Å². The van der Waals surface area contributed by atoms with E-state index >= 15 is 0 Å². The Hall–Kier alpha value is -0.800. The summed E-state index contributed by atoms with van der Waals surface area (Å²) in [6, 6.07) is 3.47. The fraction of sp³-hybridized carbons (Fsp3) is 0.500. The Balaban J connectivity index is 2.87. The van der Waals surface area contributed by atoms with E-state index in [9.17, 15) is 5.11 Å². The standard InChI is InChI=1S/C8H13NO2/c1-2-8(10,6-9)7-4-3-5-11-7/h3-5,10H,2,6,9H2,1H3. The van der Waals surface area contributed by atoms with E-state index in [-0.39, 0.29) is 6.54 Å². The molecule has 11 heavy (non-hydrogen) atoms. The van der Waals surface area contributed by atoms with E-state index in [1.165, 1.54) is 6.26 Å². The van der Waals surface area contributed by atoms with Crippen LogP contribution < -0.4 is 5.73 Å². The molecule has 1 rings (SSSR count). The summed E-state index contributed by atoms with van der Waals surface area (Å²) in [5.74, 6) is 0.544. The summed E-state index contributed by atoms with van der Waals surface area (Å²) in [4.78, 5) is 0. The number of nitrogens with two attached hydrogens (primary N) is 1. The van der Waals surface area contributed by atoms with E-state index in [2.05, 4.69) is 0 Å². The minimum atomic E-state index is -0.983. The molecule has 1 unspecified atom stereocenters. The van der Waals surface area contributed by atoms with Gasteiger partial charge in [-0.1, -0.05) is 6.92 Å². The molecule has 0 saturated carbocycles. The molecule has 1 aromatic rings. The van der Waals surface area contributed by atoms with Crippen LogP contribution in [0.5, 0.6) is 0 Å². The molecule has 1 heterocycles. The number of hydrogen-bond donors (Lipinski definition) is 2. The molecule has 3 heteroatoms. The summed E-state index contributed by atoms with van der Waals surface area (Å²) in [6.45, 7) is 2.06. The molecule has 62 valence electrons. The minimum Gasteiger partial charge on any atom is -0.466 e. The monoisotopic (exact) mass is 155 g/mol. The predicted molar refractivity (Wildman–Crippen MR) is 42.0 cm³/mol. The van der Waals surface area contributed by atoms with Crippen LogP contribution in [0.3, 0.4) is 0 Å². The molecule has 0 bridgehead atoms. The van der Waals surface area contributed by atoms with Gasteiger partial charge >= 0.3 is 0 Å². The predicted octanol–water partition coefficient (Wildman–Crippen LogP) is 0.836. The van der Waals surface area contributed by atoms with Crippen LogP contribution in [-0.4, -0.2) is 11.7 Å². The highest BCUT2D eigenvalue weighted by molar-refractivity contribution is 5.09. The van der Waals surface area contributed by atoms with Crippen molar-refractivity contribution in [2.45, 2.75) is 18.9 Å². The van der Waals surface area contributed by atoms with Gasteiger partial charge in [0.05, 0.1) is 6.26 Å². The van der Waals surface area contributed by atoms with Gasteiger partial charge in [-0.25, -0.2) is 0 Å². The van der Waals surface area contributed by atoms with Crippen molar-refractivity contribution < 1.29 is 9.52 Å². The Kier molecular flexibility index (Phi) is 2.31. The van der Waals surface area contributed by atoms with Crippen LogP contribution in [0.2, 0.25) is 0 Å². The van der Waals surface area contributed by atoms with E-state index in [4.69, 9.17) is 10.2 Å². The zero-order valence-electron chi connectivity index (χ0n) is 6.58. The third-order valence-electron chi connectivity index (χ3n) is 1.90. The smallest absolute Gasteiger partial charge is 0.136 e. The van der Waals surface area contributed by atoms with Gasteiger partial charge in [0.2, 0.25) is 0 Å². The second-order valence-electron chi connectivity index (χ2n) is 2.57. The third kappa shape index (κ3) is 1.44. The van der Waals surface area contributed by atoms with Crippen LogP contribution in [-0.2, 0) is 5.60 Å². The van der Waals surface area contributed by atoms with E-state index in [0.29, 0.717) is 12.2 Å². The number of furan rings is 1. The number of aliphatic hydroxyl groups is 1. The van der Waals surface area contributed by atoms with Crippen molar-refractivity contribution in [3.05, 3.63) is 24.2 Å². The largest absolute Gasteiger partial charge is 0.466 e. The van der Waals surface area contributed by atoms with Crippen molar-refractivity contribution in [3.63, 3.8) is 0 Å². The molecule has 3 nitrogen and oxygen atoms in total. The normalized spacial score (nSPS) is 16.3. The molecule has 1 aromatic heterocycles. The average molecular weight is 155 g/mol. The third-order valence-corrected chi connectivity index (χ3v) is 1.90. The first-order chi connectivity index (χ1) is 5.23. The summed E-state index contributed by atoms with van der Waals surface area (Å²) < 4.78 is 5.05. The van der Waals surface area contributed by atoms with Gasteiger partial charge in [0.1, 0.15) is 11.4 Å². The summed E-state index contributed by atoms with van der Waals surface area (Å²) in [6.07, 6.45) is 2.10. The first-order valence-electron chi connectivity index (χ1n) is 3.69. The highest BCUT2D eigenvalue weighted by Crippen LogP contribution is 2.23. The summed E-state index contributed by atoms with van der Waals surface area (Å²) in [7, 11) is 0. The molecule has 0 radical (unpaired) electrons. The topological polar surface area (TPSA) is 59.4 Å². The van der Waals surface area contributed by atoms with Crippen LogP contribution in [0.1, 0.15) is 19.1 Å². The van der Waals surface area contributed by atoms with Crippen molar-refractivity contribution >= 4 is 0 Å². The lowest BCUT2D eigenvalue weighted by atomic mass is 9.98.